The fourth-order valence-electron chi connectivity index (χ4n) is 1.41. The van der Waals surface area contributed by atoms with Crippen LogP contribution in [-0.2, 0) is 14.9 Å². The van der Waals surface area contributed by atoms with Gasteiger partial charge in [0.15, 0.2) is 6.61 Å². The molecule has 0 spiro atoms. The normalized spacial score (nSPS) is 11.0. The van der Waals surface area contributed by atoms with Gasteiger partial charge in [-0.25, -0.2) is 4.79 Å². The summed E-state index contributed by atoms with van der Waals surface area (Å²) in [7, 11) is 1.35. The van der Waals surface area contributed by atoms with Crippen LogP contribution in [0.4, 0.5) is 0 Å². The summed E-state index contributed by atoms with van der Waals surface area (Å²) in [6.45, 7) is 6.26. The van der Waals surface area contributed by atoms with E-state index in [1.54, 1.807) is 0 Å². The molecule has 0 saturated carbocycles. The average Bonchev–Trinajstić information content (AvgIpc) is 2.25. The Bertz CT molecular complexity index is 364. The SMILES string of the molecule is COC(=O)COc1ccccc1C(C)(C)C. The second-order valence-corrected chi connectivity index (χ2v) is 4.61. The van der Waals surface area contributed by atoms with Gasteiger partial charge in [-0.05, 0) is 17.0 Å². The van der Waals surface area contributed by atoms with Gasteiger partial charge in [0.25, 0.3) is 0 Å². The molecule has 0 aliphatic carbocycles. The van der Waals surface area contributed by atoms with Gasteiger partial charge in [-0.3, -0.25) is 0 Å². The smallest absolute Gasteiger partial charge is 0.343 e. The maximum Gasteiger partial charge on any atom is 0.343 e. The summed E-state index contributed by atoms with van der Waals surface area (Å²) in [5, 5.41) is 0. The molecule has 3 heteroatoms. The Kier molecular flexibility index (Phi) is 3.93. The Balaban J connectivity index is 2.84. The monoisotopic (exact) mass is 222 g/mol. The number of carbonyl (C=O) groups excluding carboxylic acids is 1. The van der Waals surface area contributed by atoms with E-state index in [4.69, 9.17) is 4.74 Å². The molecule has 3 nitrogen and oxygen atoms in total. The maximum absolute atomic E-state index is 11.0. The Hall–Kier alpha value is -1.51. The molecule has 0 aromatic heterocycles. The van der Waals surface area contributed by atoms with E-state index in [9.17, 15) is 4.79 Å². The summed E-state index contributed by atoms with van der Waals surface area (Å²) in [5.74, 6) is 0.365. The number of methoxy groups -OCH3 is 1. The molecule has 0 aliphatic heterocycles. The first-order valence-electron chi connectivity index (χ1n) is 5.24. The van der Waals surface area contributed by atoms with Crippen LogP contribution in [0.5, 0.6) is 5.75 Å². The van der Waals surface area contributed by atoms with E-state index in [0.717, 1.165) is 11.3 Å². The minimum absolute atomic E-state index is 0.00723. The zero-order valence-corrected chi connectivity index (χ0v) is 10.2. The van der Waals surface area contributed by atoms with Gasteiger partial charge < -0.3 is 9.47 Å². The number of hydrogen-bond donors (Lipinski definition) is 0. The predicted octanol–water partition coefficient (Wildman–Crippen LogP) is 2.54. The highest BCUT2D eigenvalue weighted by Crippen LogP contribution is 2.30. The van der Waals surface area contributed by atoms with Crippen molar-refractivity contribution in [2.24, 2.45) is 0 Å². The lowest BCUT2D eigenvalue weighted by Gasteiger charge is -2.22. The number of hydrogen-bond acceptors (Lipinski definition) is 3. The van der Waals surface area contributed by atoms with E-state index >= 15 is 0 Å². The van der Waals surface area contributed by atoms with Gasteiger partial charge in [0.2, 0.25) is 0 Å². The topological polar surface area (TPSA) is 35.5 Å². The first-order valence-corrected chi connectivity index (χ1v) is 5.24. The molecule has 16 heavy (non-hydrogen) atoms. The van der Waals surface area contributed by atoms with Gasteiger partial charge in [-0.2, -0.15) is 0 Å². The highest BCUT2D eigenvalue weighted by atomic mass is 16.6. The lowest BCUT2D eigenvalue weighted by atomic mass is 9.86. The summed E-state index contributed by atoms with van der Waals surface area (Å²) >= 11 is 0. The van der Waals surface area contributed by atoms with E-state index in [1.165, 1.54) is 7.11 Å². The molecule has 0 fully saturated rings. The zero-order chi connectivity index (χ0) is 12.2. The first-order chi connectivity index (χ1) is 7.45. The standard InChI is InChI=1S/C13H18O3/c1-13(2,3)10-7-5-6-8-11(10)16-9-12(14)15-4/h5-8H,9H2,1-4H3. The molecular formula is C13H18O3. The second-order valence-electron chi connectivity index (χ2n) is 4.61. The van der Waals surface area contributed by atoms with Crippen LogP contribution in [0.15, 0.2) is 24.3 Å². The van der Waals surface area contributed by atoms with Gasteiger partial charge in [-0.15, -0.1) is 0 Å². The number of para-hydroxylation sites is 1. The second kappa shape index (κ2) is 5.01. The van der Waals surface area contributed by atoms with Crippen molar-refractivity contribution in [3.05, 3.63) is 29.8 Å². The van der Waals surface area contributed by atoms with Gasteiger partial charge >= 0.3 is 5.97 Å². The fraction of sp³-hybridized carbons (Fsp3) is 0.462. The summed E-state index contributed by atoms with van der Waals surface area (Å²) in [5.41, 5.74) is 1.08. The molecule has 0 amide bonds. The average molecular weight is 222 g/mol. The van der Waals surface area contributed by atoms with Crippen LogP contribution in [0.3, 0.4) is 0 Å². The fourth-order valence-corrected chi connectivity index (χ4v) is 1.41. The number of rotatable bonds is 3. The molecule has 1 aromatic rings. The minimum atomic E-state index is -0.372. The summed E-state index contributed by atoms with van der Waals surface area (Å²) in [6, 6.07) is 7.73. The Labute approximate surface area is 96.4 Å². The Morgan fingerprint density at radius 2 is 1.88 bits per heavy atom. The van der Waals surface area contributed by atoms with E-state index < -0.39 is 0 Å². The van der Waals surface area contributed by atoms with E-state index in [2.05, 4.69) is 25.5 Å². The molecule has 0 aliphatic rings. The molecule has 1 aromatic carbocycles. The molecule has 0 unspecified atom stereocenters. The van der Waals surface area contributed by atoms with Gasteiger partial charge in [-0.1, -0.05) is 39.0 Å². The molecule has 0 N–H and O–H groups in total. The summed E-state index contributed by atoms with van der Waals surface area (Å²) < 4.78 is 9.98. The number of ether oxygens (including phenoxy) is 2. The van der Waals surface area contributed by atoms with Gasteiger partial charge in [0, 0.05) is 0 Å². The molecule has 0 heterocycles. The van der Waals surface area contributed by atoms with E-state index in [-0.39, 0.29) is 18.0 Å². The maximum atomic E-state index is 11.0. The third kappa shape index (κ3) is 3.26. The zero-order valence-electron chi connectivity index (χ0n) is 10.2. The van der Waals surface area contributed by atoms with E-state index in [1.807, 2.05) is 24.3 Å². The van der Waals surface area contributed by atoms with Crippen LogP contribution in [-0.4, -0.2) is 19.7 Å². The van der Waals surface area contributed by atoms with Crippen molar-refractivity contribution < 1.29 is 14.3 Å². The third-order valence-corrected chi connectivity index (χ3v) is 2.27. The quantitative estimate of drug-likeness (QED) is 0.737. The lowest BCUT2D eigenvalue weighted by Crippen LogP contribution is -2.17. The first kappa shape index (κ1) is 12.6. The van der Waals surface area contributed by atoms with Crippen molar-refractivity contribution in [3.8, 4) is 5.75 Å². The Morgan fingerprint density at radius 1 is 1.25 bits per heavy atom. The van der Waals surface area contributed by atoms with Crippen LogP contribution in [0.2, 0.25) is 0 Å². The van der Waals surface area contributed by atoms with Crippen molar-refractivity contribution in [2.45, 2.75) is 26.2 Å². The minimum Gasteiger partial charge on any atom is -0.482 e. The Morgan fingerprint density at radius 3 is 2.44 bits per heavy atom. The molecule has 0 bridgehead atoms. The lowest BCUT2D eigenvalue weighted by molar-refractivity contribution is -0.142. The molecule has 1 rings (SSSR count). The van der Waals surface area contributed by atoms with E-state index in [0.29, 0.717) is 0 Å². The molecule has 88 valence electrons. The highest BCUT2D eigenvalue weighted by Gasteiger charge is 2.18. The molecule has 0 radical (unpaired) electrons. The highest BCUT2D eigenvalue weighted by molar-refractivity contribution is 5.70. The predicted molar refractivity (Wildman–Crippen MR) is 62.7 cm³/mol. The molecule has 0 saturated heterocycles. The van der Waals surface area contributed by atoms with Crippen molar-refractivity contribution in [1.82, 2.24) is 0 Å². The molecular weight excluding hydrogens is 204 g/mol. The third-order valence-electron chi connectivity index (χ3n) is 2.27. The molecule has 0 atom stereocenters. The summed E-state index contributed by atoms with van der Waals surface area (Å²) in [6.07, 6.45) is 0. The number of esters is 1. The largest absolute Gasteiger partial charge is 0.482 e. The van der Waals surface area contributed by atoms with Crippen molar-refractivity contribution >= 4 is 5.97 Å². The van der Waals surface area contributed by atoms with Crippen LogP contribution < -0.4 is 4.74 Å². The van der Waals surface area contributed by atoms with Crippen LogP contribution >= 0.6 is 0 Å². The van der Waals surface area contributed by atoms with Crippen LogP contribution in [0.25, 0.3) is 0 Å². The van der Waals surface area contributed by atoms with Crippen LogP contribution in [0.1, 0.15) is 26.3 Å². The number of carbonyl (C=O) groups is 1. The van der Waals surface area contributed by atoms with Crippen molar-refractivity contribution in [3.63, 3.8) is 0 Å². The van der Waals surface area contributed by atoms with Gasteiger partial charge in [0.1, 0.15) is 5.75 Å². The van der Waals surface area contributed by atoms with Gasteiger partial charge in [0.05, 0.1) is 7.11 Å². The van der Waals surface area contributed by atoms with Crippen LogP contribution in [0, 0.1) is 0 Å². The summed E-state index contributed by atoms with van der Waals surface area (Å²) in [4.78, 5) is 11.0. The van der Waals surface area contributed by atoms with Crippen molar-refractivity contribution in [2.75, 3.05) is 13.7 Å². The number of benzene rings is 1. The van der Waals surface area contributed by atoms with Crippen molar-refractivity contribution in [1.29, 1.82) is 0 Å².